The lowest BCUT2D eigenvalue weighted by Crippen LogP contribution is -2.36. The summed E-state index contributed by atoms with van der Waals surface area (Å²) in [5.41, 5.74) is 0. The van der Waals surface area contributed by atoms with Crippen molar-refractivity contribution in [3.63, 3.8) is 0 Å². The summed E-state index contributed by atoms with van der Waals surface area (Å²) in [6.45, 7) is 0.344. The fourth-order valence-corrected chi connectivity index (χ4v) is 5.76. The first kappa shape index (κ1) is 19.1. The van der Waals surface area contributed by atoms with Crippen LogP contribution in [0.3, 0.4) is 0 Å². The van der Waals surface area contributed by atoms with E-state index < -0.39 is 9.84 Å². The van der Waals surface area contributed by atoms with Crippen molar-refractivity contribution in [3.8, 4) is 0 Å². The molecule has 2 aliphatic rings. The van der Waals surface area contributed by atoms with Crippen LogP contribution in [0.15, 0.2) is 27.7 Å². The number of sulfone groups is 1. The molecule has 0 bridgehead atoms. The van der Waals surface area contributed by atoms with Gasteiger partial charge in [0.25, 0.3) is 5.91 Å². The van der Waals surface area contributed by atoms with Crippen LogP contribution in [0.1, 0.15) is 25.0 Å². The van der Waals surface area contributed by atoms with Gasteiger partial charge in [-0.2, -0.15) is 0 Å². The Morgan fingerprint density at radius 2 is 2.31 bits per heavy atom. The molecule has 7 nitrogen and oxygen atoms in total. The number of amides is 2. The van der Waals surface area contributed by atoms with Crippen LogP contribution in [0.25, 0.3) is 6.08 Å². The van der Waals surface area contributed by atoms with E-state index in [1.165, 1.54) is 22.9 Å². The third kappa shape index (κ3) is 4.74. The van der Waals surface area contributed by atoms with Crippen LogP contribution in [-0.4, -0.2) is 53.5 Å². The Bertz CT molecular complexity index is 845. The van der Waals surface area contributed by atoms with Gasteiger partial charge in [-0.15, -0.1) is 0 Å². The van der Waals surface area contributed by atoms with E-state index in [9.17, 15) is 18.0 Å². The summed E-state index contributed by atoms with van der Waals surface area (Å²) in [7, 11) is -3.02. The second kappa shape index (κ2) is 7.93. The third-order valence-electron chi connectivity index (χ3n) is 4.07. The van der Waals surface area contributed by atoms with Gasteiger partial charge in [0.05, 0.1) is 22.7 Å². The minimum Gasteiger partial charge on any atom is -0.465 e. The number of nitrogens with one attached hydrogen (secondary N) is 1. The highest BCUT2D eigenvalue weighted by Gasteiger charge is 2.32. The van der Waals surface area contributed by atoms with Gasteiger partial charge in [-0.1, -0.05) is 24.0 Å². The first-order chi connectivity index (χ1) is 12.3. The van der Waals surface area contributed by atoms with Crippen LogP contribution in [0.4, 0.5) is 0 Å². The normalized spacial score (nSPS) is 23.8. The van der Waals surface area contributed by atoms with E-state index >= 15 is 0 Å². The third-order valence-corrected chi connectivity index (χ3v) is 7.22. The van der Waals surface area contributed by atoms with Crippen molar-refractivity contribution in [2.24, 2.45) is 0 Å². The molecular weight excluding hydrogens is 396 g/mol. The molecule has 2 amide bonds. The van der Waals surface area contributed by atoms with Crippen molar-refractivity contribution in [1.82, 2.24) is 10.2 Å². The number of thiocarbonyl (C=S) groups is 1. The Balaban J connectivity index is 1.46. The summed E-state index contributed by atoms with van der Waals surface area (Å²) < 4.78 is 28.5. The molecule has 0 spiro atoms. The van der Waals surface area contributed by atoms with Gasteiger partial charge < -0.3 is 9.73 Å². The van der Waals surface area contributed by atoms with E-state index in [0.717, 1.165) is 0 Å². The van der Waals surface area contributed by atoms with E-state index in [2.05, 4.69) is 5.32 Å². The Morgan fingerprint density at radius 1 is 1.50 bits per heavy atom. The van der Waals surface area contributed by atoms with Crippen molar-refractivity contribution >= 4 is 56.0 Å². The summed E-state index contributed by atoms with van der Waals surface area (Å²) in [6, 6.07) is 3.18. The van der Waals surface area contributed by atoms with Crippen molar-refractivity contribution in [1.29, 1.82) is 0 Å². The van der Waals surface area contributed by atoms with Crippen LogP contribution in [0.5, 0.6) is 0 Å². The number of hydrogen-bond donors (Lipinski definition) is 1. The second-order valence-corrected chi connectivity index (χ2v) is 10.0. The number of hydrogen-bond acceptors (Lipinski definition) is 7. The van der Waals surface area contributed by atoms with E-state index in [-0.39, 0.29) is 35.8 Å². The Morgan fingerprint density at radius 3 is 2.96 bits per heavy atom. The molecule has 10 heteroatoms. The molecule has 2 saturated heterocycles. The molecule has 0 aromatic carbocycles. The van der Waals surface area contributed by atoms with E-state index in [0.29, 0.717) is 34.4 Å². The Kier molecular flexibility index (Phi) is 5.83. The maximum absolute atomic E-state index is 12.4. The smallest absolute Gasteiger partial charge is 0.266 e. The molecule has 1 aromatic heterocycles. The van der Waals surface area contributed by atoms with Crippen LogP contribution in [0, 0.1) is 0 Å². The number of furan rings is 1. The van der Waals surface area contributed by atoms with E-state index in [1.807, 2.05) is 0 Å². The van der Waals surface area contributed by atoms with Gasteiger partial charge in [0, 0.05) is 25.1 Å². The summed E-state index contributed by atoms with van der Waals surface area (Å²) in [6.07, 6.45) is 4.30. The molecule has 26 heavy (non-hydrogen) atoms. The molecule has 3 heterocycles. The molecule has 1 N–H and O–H groups in total. The fraction of sp³-hybridized carbons (Fsp3) is 0.438. The maximum Gasteiger partial charge on any atom is 0.266 e. The number of carbonyl (C=O) groups is 2. The summed E-state index contributed by atoms with van der Waals surface area (Å²) in [4.78, 5) is 26.3. The molecule has 0 saturated carbocycles. The number of carbonyl (C=O) groups excluding carboxylic acids is 2. The Labute approximate surface area is 161 Å². The lowest BCUT2D eigenvalue weighted by Gasteiger charge is -2.15. The van der Waals surface area contributed by atoms with E-state index in [4.69, 9.17) is 16.6 Å². The van der Waals surface area contributed by atoms with E-state index in [1.54, 1.807) is 18.2 Å². The van der Waals surface area contributed by atoms with Gasteiger partial charge >= 0.3 is 0 Å². The van der Waals surface area contributed by atoms with Crippen LogP contribution < -0.4 is 5.32 Å². The highest BCUT2D eigenvalue weighted by atomic mass is 32.2. The average molecular weight is 415 g/mol. The lowest BCUT2D eigenvalue weighted by atomic mass is 10.2. The van der Waals surface area contributed by atoms with Gasteiger partial charge in [-0.05, 0) is 25.0 Å². The largest absolute Gasteiger partial charge is 0.465 e. The van der Waals surface area contributed by atoms with Gasteiger partial charge in [0.15, 0.2) is 9.84 Å². The zero-order chi connectivity index (χ0) is 18.7. The molecule has 0 radical (unpaired) electrons. The van der Waals surface area contributed by atoms with Crippen molar-refractivity contribution in [2.75, 3.05) is 18.1 Å². The van der Waals surface area contributed by atoms with Crippen LogP contribution in [0.2, 0.25) is 0 Å². The van der Waals surface area contributed by atoms with Gasteiger partial charge in [0.1, 0.15) is 10.1 Å². The molecule has 1 aromatic rings. The van der Waals surface area contributed by atoms with Crippen molar-refractivity contribution in [2.45, 2.75) is 25.3 Å². The number of nitrogens with zero attached hydrogens (tertiary/aromatic N) is 1. The molecule has 0 aliphatic carbocycles. The van der Waals surface area contributed by atoms with Gasteiger partial charge in [-0.25, -0.2) is 8.42 Å². The number of thioether (sulfide) groups is 1. The summed E-state index contributed by atoms with van der Waals surface area (Å²) in [5, 5.41) is 2.74. The number of rotatable bonds is 6. The monoisotopic (exact) mass is 414 g/mol. The van der Waals surface area contributed by atoms with Gasteiger partial charge in [0.2, 0.25) is 5.91 Å². The second-order valence-electron chi connectivity index (χ2n) is 6.12. The minimum absolute atomic E-state index is 0.00497. The summed E-state index contributed by atoms with van der Waals surface area (Å²) in [5.74, 6) is 0.306. The quantitative estimate of drug-likeness (QED) is 0.557. The fourth-order valence-electron chi connectivity index (χ4n) is 2.80. The first-order valence-corrected chi connectivity index (χ1v) is 11.2. The summed E-state index contributed by atoms with van der Waals surface area (Å²) >= 11 is 6.45. The first-order valence-electron chi connectivity index (χ1n) is 8.13. The molecule has 3 rings (SSSR count). The zero-order valence-electron chi connectivity index (χ0n) is 13.8. The molecule has 0 unspecified atom stereocenters. The topological polar surface area (TPSA) is 96.7 Å². The van der Waals surface area contributed by atoms with Crippen LogP contribution in [-0.2, 0) is 19.4 Å². The Hall–Kier alpha value is -1.65. The molecule has 2 aliphatic heterocycles. The molecular formula is C16H18N2O5S3. The van der Waals surface area contributed by atoms with Crippen LogP contribution >= 0.6 is 24.0 Å². The molecule has 2 fully saturated rings. The predicted molar refractivity (Wildman–Crippen MR) is 103 cm³/mol. The average Bonchev–Trinajstić information content (AvgIpc) is 3.25. The van der Waals surface area contributed by atoms with Crippen molar-refractivity contribution in [3.05, 3.63) is 29.1 Å². The van der Waals surface area contributed by atoms with Crippen molar-refractivity contribution < 1.29 is 22.4 Å². The standard InChI is InChI=1S/C16H18N2O5S3/c19-14(17-11-5-8-26(21,22)10-11)4-1-6-18-15(20)13(25-16(18)24)9-12-3-2-7-23-12/h2-3,7,9,11H,1,4-6,8,10H2,(H,17,19)/b13-9-/t11-/m0/s1. The zero-order valence-corrected chi connectivity index (χ0v) is 16.3. The molecule has 1 atom stereocenters. The highest BCUT2D eigenvalue weighted by Crippen LogP contribution is 2.32. The molecule has 140 valence electrons. The maximum atomic E-state index is 12.4. The minimum atomic E-state index is -3.02. The SMILES string of the molecule is O=C(CCCN1C(=O)/C(=C/c2ccco2)SC1=S)N[C@H]1CCS(=O)(=O)C1. The highest BCUT2D eigenvalue weighted by molar-refractivity contribution is 8.26. The predicted octanol–water partition coefficient (Wildman–Crippen LogP) is 1.56. The lowest BCUT2D eigenvalue weighted by molar-refractivity contribution is -0.124. The van der Waals surface area contributed by atoms with Gasteiger partial charge in [-0.3, -0.25) is 14.5 Å².